The lowest BCUT2D eigenvalue weighted by molar-refractivity contribution is -0.152. The molecule has 0 unspecified atom stereocenters. The summed E-state index contributed by atoms with van der Waals surface area (Å²) in [5.41, 5.74) is -0.0907. The van der Waals surface area contributed by atoms with Crippen LogP contribution >= 0.6 is 11.8 Å². The number of ether oxygens (including phenoxy) is 3. The predicted molar refractivity (Wildman–Crippen MR) is 106 cm³/mol. The van der Waals surface area contributed by atoms with Crippen molar-refractivity contribution in [3.8, 4) is 0 Å². The number of rotatable bonds is 7. The highest BCUT2D eigenvalue weighted by Gasteiger charge is 2.54. The number of hydrogen-bond donors (Lipinski definition) is 1. The lowest BCUT2D eigenvalue weighted by Gasteiger charge is -2.49. The van der Waals surface area contributed by atoms with Gasteiger partial charge in [0.25, 0.3) is 5.91 Å². The number of alkyl carbamates (subject to hydrolysis) is 1. The van der Waals surface area contributed by atoms with Gasteiger partial charge >= 0.3 is 18.0 Å². The molecule has 0 bridgehead atoms. The van der Waals surface area contributed by atoms with Gasteiger partial charge in [-0.15, -0.1) is 11.8 Å². The Balaban J connectivity index is 2.16. The van der Waals surface area contributed by atoms with Gasteiger partial charge in [0, 0.05) is 18.2 Å². The normalized spacial score (nSPS) is 21.1. The van der Waals surface area contributed by atoms with Crippen LogP contribution in [0, 0.1) is 0 Å². The minimum Gasteiger partial charge on any atom is -0.461 e. The van der Waals surface area contributed by atoms with Gasteiger partial charge in [-0.25, -0.2) is 9.59 Å². The van der Waals surface area contributed by atoms with Crippen molar-refractivity contribution in [1.29, 1.82) is 0 Å². The van der Waals surface area contributed by atoms with Crippen LogP contribution in [0.4, 0.5) is 4.79 Å². The van der Waals surface area contributed by atoms with Gasteiger partial charge in [-0.2, -0.15) is 0 Å². The number of amides is 2. The number of nitrogens with one attached hydrogen (secondary N) is 1. The van der Waals surface area contributed by atoms with Crippen LogP contribution < -0.4 is 5.32 Å². The molecule has 29 heavy (non-hydrogen) atoms. The van der Waals surface area contributed by atoms with Crippen LogP contribution in [-0.2, 0) is 28.6 Å². The lowest BCUT2D eigenvalue weighted by Crippen LogP contribution is -2.70. The molecular weight excluding hydrogens is 400 g/mol. The Morgan fingerprint density at radius 3 is 2.52 bits per heavy atom. The highest BCUT2D eigenvalue weighted by Crippen LogP contribution is 2.40. The SMILES string of the molecule is CCCCOC(=O)C1=C(COC(C)=O)CS[C@@H]2[C@H](NC(=O)OC(C)(C)C)C(=O)N12. The molecule has 162 valence electrons. The first-order valence-electron chi connectivity index (χ1n) is 9.52. The largest absolute Gasteiger partial charge is 0.461 e. The summed E-state index contributed by atoms with van der Waals surface area (Å²) >= 11 is 1.37. The molecule has 0 saturated carbocycles. The summed E-state index contributed by atoms with van der Waals surface area (Å²) in [6.45, 7) is 8.56. The molecule has 0 radical (unpaired) electrons. The second-order valence-corrected chi connectivity index (χ2v) is 8.86. The molecule has 2 heterocycles. The Bertz CT molecular complexity index is 714. The van der Waals surface area contributed by atoms with Crippen molar-refractivity contribution in [3.05, 3.63) is 11.3 Å². The highest BCUT2D eigenvalue weighted by atomic mass is 32.2. The van der Waals surface area contributed by atoms with Crippen LogP contribution in [0.1, 0.15) is 47.5 Å². The number of carbonyl (C=O) groups excluding carboxylic acids is 4. The number of nitrogens with zero attached hydrogens (tertiary/aromatic N) is 1. The van der Waals surface area contributed by atoms with Crippen LogP contribution in [0.5, 0.6) is 0 Å². The number of fused-ring (bicyclic) bond motifs is 1. The van der Waals surface area contributed by atoms with Crippen LogP contribution in [0.15, 0.2) is 11.3 Å². The molecule has 1 N–H and O–H groups in total. The van der Waals surface area contributed by atoms with E-state index in [2.05, 4.69) is 5.32 Å². The molecule has 0 aromatic rings. The van der Waals surface area contributed by atoms with Gasteiger partial charge in [0.1, 0.15) is 29.3 Å². The summed E-state index contributed by atoms with van der Waals surface area (Å²) < 4.78 is 15.5. The average Bonchev–Trinajstić information content (AvgIpc) is 2.62. The number of thioether (sulfide) groups is 1. The fourth-order valence-corrected chi connectivity index (χ4v) is 4.11. The van der Waals surface area contributed by atoms with Crippen molar-refractivity contribution < 1.29 is 33.4 Å². The molecule has 9 nitrogen and oxygen atoms in total. The van der Waals surface area contributed by atoms with Crippen molar-refractivity contribution in [3.63, 3.8) is 0 Å². The van der Waals surface area contributed by atoms with Gasteiger partial charge in [0.15, 0.2) is 0 Å². The Morgan fingerprint density at radius 2 is 1.93 bits per heavy atom. The zero-order valence-electron chi connectivity index (χ0n) is 17.4. The smallest absolute Gasteiger partial charge is 0.408 e. The molecular formula is C19H28N2O7S. The van der Waals surface area contributed by atoms with E-state index in [1.54, 1.807) is 20.8 Å². The third kappa shape index (κ3) is 5.88. The third-order valence-electron chi connectivity index (χ3n) is 4.09. The lowest BCUT2D eigenvalue weighted by atomic mass is 10.0. The summed E-state index contributed by atoms with van der Waals surface area (Å²) in [5.74, 6) is -1.18. The Labute approximate surface area is 174 Å². The molecule has 0 aliphatic carbocycles. The van der Waals surface area contributed by atoms with Crippen molar-refractivity contribution in [2.75, 3.05) is 19.0 Å². The van der Waals surface area contributed by atoms with E-state index in [1.165, 1.54) is 23.6 Å². The minimum absolute atomic E-state index is 0.0957. The number of carbonyl (C=O) groups is 4. The Hall–Kier alpha value is -2.23. The second kappa shape index (κ2) is 9.51. The highest BCUT2D eigenvalue weighted by molar-refractivity contribution is 8.00. The van der Waals surface area contributed by atoms with E-state index < -0.39 is 41.0 Å². The molecule has 0 spiro atoms. The van der Waals surface area contributed by atoms with Gasteiger partial charge in [0.2, 0.25) is 0 Å². The number of unbranched alkanes of at least 4 members (excludes halogenated alkanes) is 1. The minimum atomic E-state index is -0.802. The average molecular weight is 429 g/mol. The molecule has 2 atom stereocenters. The fourth-order valence-electron chi connectivity index (χ4n) is 2.78. The first kappa shape index (κ1) is 23.1. The molecule has 1 fully saturated rings. The quantitative estimate of drug-likeness (QED) is 0.283. The first-order valence-corrected chi connectivity index (χ1v) is 10.6. The fraction of sp³-hybridized carbons (Fsp3) is 0.684. The summed E-state index contributed by atoms with van der Waals surface area (Å²) in [5, 5.41) is 2.11. The van der Waals surface area contributed by atoms with E-state index in [1.807, 2.05) is 6.92 Å². The molecule has 2 amide bonds. The number of hydrogen-bond acceptors (Lipinski definition) is 8. The van der Waals surface area contributed by atoms with Gasteiger partial charge < -0.3 is 19.5 Å². The van der Waals surface area contributed by atoms with E-state index in [9.17, 15) is 19.2 Å². The van der Waals surface area contributed by atoms with Crippen LogP contribution in [0.2, 0.25) is 0 Å². The Kier molecular flexibility index (Phi) is 7.56. The molecule has 1 saturated heterocycles. The summed E-state index contributed by atoms with van der Waals surface area (Å²) in [7, 11) is 0. The van der Waals surface area contributed by atoms with Crippen molar-refractivity contribution in [1.82, 2.24) is 10.2 Å². The zero-order chi connectivity index (χ0) is 21.8. The molecule has 0 aromatic carbocycles. The molecule has 2 rings (SSSR count). The van der Waals surface area contributed by atoms with Crippen molar-refractivity contribution in [2.24, 2.45) is 0 Å². The van der Waals surface area contributed by atoms with E-state index in [4.69, 9.17) is 14.2 Å². The summed E-state index contributed by atoms with van der Waals surface area (Å²) in [6, 6.07) is -0.802. The molecule has 0 aromatic heterocycles. The maximum absolute atomic E-state index is 12.7. The summed E-state index contributed by atoms with van der Waals surface area (Å²) in [4.78, 5) is 49.9. The maximum Gasteiger partial charge on any atom is 0.408 e. The molecule has 2 aliphatic heterocycles. The van der Waals surface area contributed by atoms with Crippen molar-refractivity contribution in [2.45, 2.75) is 64.5 Å². The van der Waals surface area contributed by atoms with E-state index >= 15 is 0 Å². The van der Waals surface area contributed by atoms with E-state index in [0.717, 1.165) is 6.42 Å². The van der Waals surface area contributed by atoms with E-state index in [-0.39, 0.29) is 18.9 Å². The molecule has 2 aliphatic rings. The van der Waals surface area contributed by atoms with Crippen molar-refractivity contribution >= 4 is 35.7 Å². The number of esters is 2. The first-order chi connectivity index (χ1) is 13.5. The maximum atomic E-state index is 12.7. The van der Waals surface area contributed by atoms with Crippen LogP contribution in [-0.4, -0.2) is 64.8 Å². The van der Waals surface area contributed by atoms with E-state index in [0.29, 0.717) is 17.7 Å². The van der Waals surface area contributed by atoms with Gasteiger partial charge in [0.05, 0.1) is 6.61 Å². The Morgan fingerprint density at radius 1 is 1.24 bits per heavy atom. The monoisotopic (exact) mass is 428 g/mol. The number of β-lactam (4-membered cyclic amide) rings is 1. The topological polar surface area (TPSA) is 111 Å². The predicted octanol–water partition coefficient (Wildman–Crippen LogP) is 1.96. The van der Waals surface area contributed by atoms with Gasteiger partial charge in [-0.1, -0.05) is 13.3 Å². The summed E-state index contributed by atoms with van der Waals surface area (Å²) in [6.07, 6.45) is 0.862. The standard InChI is InChI=1S/C19H28N2O7S/c1-6-7-8-26-17(24)14-12(9-27-11(2)22)10-29-16-13(15(23)21(14)16)20-18(25)28-19(3,4)5/h13,16H,6-10H2,1-5H3,(H,20,25)/t13-,16-/m1/s1. The van der Waals surface area contributed by atoms with Crippen LogP contribution in [0.3, 0.4) is 0 Å². The van der Waals surface area contributed by atoms with Gasteiger partial charge in [-0.05, 0) is 27.2 Å². The van der Waals surface area contributed by atoms with Crippen LogP contribution in [0.25, 0.3) is 0 Å². The van der Waals surface area contributed by atoms with Gasteiger partial charge in [-0.3, -0.25) is 14.5 Å². The second-order valence-electron chi connectivity index (χ2n) is 7.76. The third-order valence-corrected chi connectivity index (χ3v) is 5.43. The zero-order valence-corrected chi connectivity index (χ0v) is 18.2. The molecule has 10 heteroatoms.